The number of aromatic nitrogens is 3. The van der Waals surface area contributed by atoms with Gasteiger partial charge in [0.2, 0.25) is 10.0 Å². The molecule has 1 aliphatic carbocycles. The SMILES string of the molecule is CN(C)Cc1cn(C[C@H]2C[C@@H](NS(=O)(=O)c3ccccc3)[C@H](O)[C@@H]2O)nn1.Cl. The van der Waals surface area contributed by atoms with E-state index in [1.54, 1.807) is 29.1 Å². The highest BCUT2D eigenvalue weighted by Gasteiger charge is 2.43. The molecule has 0 unspecified atom stereocenters. The molecule has 11 heteroatoms. The Kier molecular flexibility index (Phi) is 7.54. The molecular formula is C17H26ClN5O4S. The summed E-state index contributed by atoms with van der Waals surface area (Å²) in [6, 6.07) is 7.20. The molecule has 9 nitrogen and oxygen atoms in total. The van der Waals surface area contributed by atoms with Gasteiger partial charge in [0.15, 0.2) is 0 Å². The van der Waals surface area contributed by atoms with Gasteiger partial charge in [-0.25, -0.2) is 13.1 Å². The van der Waals surface area contributed by atoms with Crippen LogP contribution in [0.5, 0.6) is 0 Å². The molecular weight excluding hydrogens is 406 g/mol. The van der Waals surface area contributed by atoms with E-state index in [4.69, 9.17) is 0 Å². The van der Waals surface area contributed by atoms with E-state index in [2.05, 4.69) is 15.0 Å². The van der Waals surface area contributed by atoms with Crippen LogP contribution >= 0.6 is 12.4 Å². The van der Waals surface area contributed by atoms with Gasteiger partial charge in [-0.2, -0.15) is 0 Å². The van der Waals surface area contributed by atoms with Gasteiger partial charge >= 0.3 is 0 Å². The minimum absolute atomic E-state index is 0. The van der Waals surface area contributed by atoms with Crippen molar-refractivity contribution in [1.29, 1.82) is 0 Å². The molecule has 1 fully saturated rings. The van der Waals surface area contributed by atoms with Crippen molar-refractivity contribution in [1.82, 2.24) is 24.6 Å². The quantitative estimate of drug-likeness (QED) is 0.557. The lowest BCUT2D eigenvalue weighted by molar-refractivity contribution is 0.00972. The number of hydrogen-bond donors (Lipinski definition) is 3. The first-order valence-electron chi connectivity index (χ1n) is 8.73. The zero-order valence-electron chi connectivity index (χ0n) is 15.7. The van der Waals surface area contributed by atoms with E-state index >= 15 is 0 Å². The van der Waals surface area contributed by atoms with Crippen LogP contribution in [0.1, 0.15) is 12.1 Å². The molecule has 28 heavy (non-hydrogen) atoms. The summed E-state index contributed by atoms with van der Waals surface area (Å²) in [6.07, 6.45) is -0.133. The number of aliphatic hydroxyl groups excluding tert-OH is 2. The highest BCUT2D eigenvalue weighted by molar-refractivity contribution is 7.89. The largest absolute Gasteiger partial charge is 0.390 e. The van der Waals surface area contributed by atoms with E-state index in [1.807, 2.05) is 19.0 Å². The predicted molar refractivity (Wildman–Crippen MR) is 105 cm³/mol. The van der Waals surface area contributed by atoms with Crippen LogP contribution < -0.4 is 4.72 Å². The van der Waals surface area contributed by atoms with Gasteiger partial charge in [-0.3, -0.25) is 4.68 Å². The standard InChI is InChI=1S/C17H25N5O4S.ClH/c1-21(2)10-13-11-22(20-18-13)9-12-8-15(17(24)16(12)23)19-27(25,26)14-6-4-3-5-7-14;/h3-7,11-12,15-17,19,23-24H,8-10H2,1-2H3;1H/t12-,15-,16-,17+;/m1./s1. The molecule has 0 radical (unpaired) electrons. The van der Waals surface area contributed by atoms with E-state index < -0.39 is 28.3 Å². The van der Waals surface area contributed by atoms with Crippen LogP contribution in [0.3, 0.4) is 0 Å². The van der Waals surface area contributed by atoms with Crippen LogP contribution in [0.15, 0.2) is 41.4 Å². The minimum atomic E-state index is -3.77. The summed E-state index contributed by atoms with van der Waals surface area (Å²) >= 11 is 0. The van der Waals surface area contributed by atoms with E-state index in [1.165, 1.54) is 12.1 Å². The Morgan fingerprint density at radius 2 is 1.89 bits per heavy atom. The zero-order valence-corrected chi connectivity index (χ0v) is 17.3. The molecule has 0 bridgehead atoms. The summed E-state index contributed by atoms with van der Waals surface area (Å²) in [4.78, 5) is 2.09. The lowest BCUT2D eigenvalue weighted by atomic mass is 10.1. The van der Waals surface area contributed by atoms with Crippen molar-refractivity contribution in [2.45, 2.75) is 42.7 Å². The fraction of sp³-hybridized carbons (Fsp3) is 0.529. The Morgan fingerprint density at radius 1 is 1.21 bits per heavy atom. The molecule has 1 heterocycles. The summed E-state index contributed by atoms with van der Waals surface area (Å²) in [5, 5.41) is 28.8. The second-order valence-corrected chi connectivity index (χ2v) is 8.90. The first kappa shape index (κ1) is 22.7. The number of hydrogen-bond acceptors (Lipinski definition) is 7. The number of nitrogens with one attached hydrogen (secondary N) is 1. The number of aliphatic hydroxyl groups is 2. The number of halogens is 1. The molecule has 4 atom stereocenters. The van der Waals surface area contributed by atoms with E-state index in [-0.39, 0.29) is 23.2 Å². The van der Waals surface area contributed by atoms with Crippen LogP contribution in [-0.4, -0.2) is 70.9 Å². The highest BCUT2D eigenvalue weighted by Crippen LogP contribution is 2.29. The third-order valence-electron chi connectivity index (χ3n) is 4.65. The summed E-state index contributed by atoms with van der Waals surface area (Å²) in [6.45, 7) is 0.998. The Hall–Kier alpha value is -1.56. The average molecular weight is 432 g/mol. The summed E-state index contributed by atoms with van der Waals surface area (Å²) in [7, 11) is 0.0931. The van der Waals surface area contributed by atoms with E-state index in [9.17, 15) is 18.6 Å². The van der Waals surface area contributed by atoms with Gasteiger partial charge in [0.1, 0.15) is 0 Å². The van der Waals surface area contributed by atoms with Crippen molar-refractivity contribution in [2.75, 3.05) is 14.1 Å². The molecule has 0 saturated heterocycles. The maximum atomic E-state index is 12.5. The number of rotatable bonds is 7. The minimum Gasteiger partial charge on any atom is -0.390 e. The summed E-state index contributed by atoms with van der Waals surface area (Å²) < 4.78 is 29.1. The van der Waals surface area contributed by atoms with Gasteiger partial charge in [0.05, 0.1) is 28.8 Å². The van der Waals surface area contributed by atoms with Crippen molar-refractivity contribution >= 4 is 22.4 Å². The molecule has 1 aliphatic rings. The predicted octanol–water partition coefficient (Wildman–Crippen LogP) is -0.150. The third kappa shape index (κ3) is 5.28. The topological polar surface area (TPSA) is 121 Å². The smallest absolute Gasteiger partial charge is 0.240 e. The zero-order chi connectivity index (χ0) is 19.6. The van der Waals surface area contributed by atoms with Gasteiger partial charge in [-0.15, -0.1) is 17.5 Å². The molecule has 3 N–H and O–H groups in total. The molecule has 156 valence electrons. The third-order valence-corrected chi connectivity index (χ3v) is 6.15. The normalized spacial score (nSPS) is 25.0. The summed E-state index contributed by atoms with van der Waals surface area (Å²) in [5.41, 5.74) is 0.800. The first-order valence-corrected chi connectivity index (χ1v) is 10.2. The Morgan fingerprint density at radius 3 is 2.54 bits per heavy atom. The van der Waals surface area contributed by atoms with Crippen molar-refractivity contribution in [2.24, 2.45) is 5.92 Å². The fourth-order valence-electron chi connectivity index (χ4n) is 3.35. The molecule has 1 aromatic carbocycles. The van der Waals surface area contributed by atoms with Crippen molar-refractivity contribution in [3.05, 3.63) is 42.2 Å². The van der Waals surface area contributed by atoms with Gasteiger partial charge in [-0.05, 0) is 32.6 Å². The van der Waals surface area contributed by atoms with E-state index in [0.29, 0.717) is 19.5 Å². The molecule has 3 rings (SSSR count). The molecule has 2 aromatic rings. The maximum Gasteiger partial charge on any atom is 0.240 e. The Bertz CT molecular complexity index is 861. The van der Waals surface area contributed by atoms with Crippen molar-refractivity contribution in [3.8, 4) is 0 Å². The fourth-order valence-corrected chi connectivity index (χ4v) is 4.64. The van der Waals surface area contributed by atoms with Crippen molar-refractivity contribution in [3.63, 3.8) is 0 Å². The highest BCUT2D eigenvalue weighted by atomic mass is 35.5. The molecule has 0 amide bonds. The molecule has 0 spiro atoms. The van der Waals surface area contributed by atoms with Gasteiger partial charge in [0.25, 0.3) is 0 Å². The van der Waals surface area contributed by atoms with Crippen LogP contribution in [-0.2, 0) is 23.1 Å². The van der Waals surface area contributed by atoms with Gasteiger partial charge in [-0.1, -0.05) is 23.4 Å². The lowest BCUT2D eigenvalue weighted by Crippen LogP contribution is -2.43. The Balaban J connectivity index is 0.00000280. The average Bonchev–Trinajstić information content (AvgIpc) is 3.15. The van der Waals surface area contributed by atoms with Crippen LogP contribution in [0, 0.1) is 5.92 Å². The van der Waals surface area contributed by atoms with Crippen LogP contribution in [0.2, 0.25) is 0 Å². The molecule has 1 aromatic heterocycles. The van der Waals surface area contributed by atoms with Crippen LogP contribution in [0.4, 0.5) is 0 Å². The second kappa shape index (κ2) is 9.29. The maximum absolute atomic E-state index is 12.5. The number of sulfonamides is 1. The lowest BCUT2D eigenvalue weighted by Gasteiger charge is -2.18. The molecule has 1 saturated carbocycles. The monoisotopic (exact) mass is 431 g/mol. The first-order chi connectivity index (χ1) is 12.8. The van der Waals surface area contributed by atoms with Crippen molar-refractivity contribution < 1.29 is 18.6 Å². The Labute approximate surface area is 170 Å². The summed E-state index contributed by atoms with van der Waals surface area (Å²) in [5.74, 6) is -0.336. The van der Waals surface area contributed by atoms with Crippen LogP contribution in [0.25, 0.3) is 0 Å². The second-order valence-electron chi connectivity index (χ2n) is 7.19. The number of benzene rings is 1. The number of nitrogens with zero attached hydrogens (tertiary/aromatic N) is 4. The van der Waals surface area contributed by atoms with Gasteiger partial charge < -0.3 is 15.1 Å². The van der Waals surface area contributed by atoms with E-state index in [0.717, 1.165) is 5.69 Å². The van der Waals surface area contributed by atoms with Gasteiger partial charge in [0, 0.05) is 25.2 Å². The molecule has 0 aliphatic heterocycles.